The number of amides is 1. The number of hydrogen-bond donors (Lipinski definition) is 2. The van der Waals surface area contributed by atoms with Gasteiger partial charge in [-0.05, 0) is 56.0 Å². The molecule has 1 aromatic heterocycles. The third kappa shape index (κ3) is 5.73. The molecule has 0 spiro atoms. The monoisotopic (exact) mass is 483 g/mol. The molecule has 0 bridgehead atoms. The molecule has 0 radical (unpaired) electrons. The van der Waals surface area contributed by atoms with Crippen LogP contribution < -0.4 is 10.5 Å². The van der Waals surface area contributed by atoms with E-state index in [1.807, 2.05) is 41.8 Å². The van der Waals surface area contributed by atoms with E-state index in [0.717, 1.165) is 11.1 Å². The summed E-state index contributed by atoms with van der Waals surface area (Å²) in [5, 5.41) is 8.02. The second-order valence-corrected chi connectivity index (χ2v) is 9.48. The summed E-state index contributed by atoms with van der Waals surface area (Å²) in [6, 6.07) is 15.9. The molecule has 3 rings (SSSR count). The fourth-order valence-corrected chi connectivity index (χ4v) is 4.43. The van der Waals surface area contributed by atoms with Crippen LogP contribution in [0.2, 0.25) is 0 Å². The largest absolute Gasteiger partial charge is 0.461 e. The van der Waals surface area contributed by atoms with Gasteiger partial charge >= 0.3 is 5.97 Å². The van der Waals surface area contributed by atoms with Crippen LogP contribution in [0.15, 0.2) is 59.5 Å². The average Bonchev–Trinajstić information content (AvgIpc) is 3.03. The van der Waals surface area contributed by atoms with Crippen LogP contribution >= 0.6 is 0 Å². The first-order chi connectivity index (χ1) is 16.1. The number of carbonyl (C=O) groups is 2. The predicted octanol–water partition coefficient (Wildman–Crippen LogP) is 2.95. The molecule has 34 heavy (non-hydrogen) atoms. The van der Waals surface area contributed by atoms with Crippen molar-refractivity contribution in [3.05, 3.63) is 88.2 Å². The lowest BCUT2D eigenvalue weighted by Crippen LogP contribution is -2.26. The Balaban J connectivity index is 1.80. The van der Waals surface area contributed by atoms with Crippen molar-refractivity contribution in [2.75, 3.05) is 13.2 Å². The summed E-state index contributed by atoms with van der Waals surface area (Å²) in [5.74, 6) is -0.749. The minimum absolute atomic E-state index is 0.0396. The third-order valence-electron chi connectivity index (χ3n) is 5.60. The van der Waals surface area contributed by atoms with Gasteiger partial charge in [-0.3, -0.25) is 4.79 Å². The zero-order chi connectivity index (χ0) is 24.9. The number of carbonyl (C=O) groups excluding carboxylic acids is 2. The molecule has 1 heterocycles. The number of aromatic nitrogens is 1. The maximum atomic E-state index is 13.1. The van der Waals surface area contributed by atoms with Crippen molar-refractivity contribution >= 4 is 21.9 Å². The van der Waals surface area contributed by atoms with E-state index < -0.39 is 16.0 Å². The minimum Gasteiger partial charge on any atom is -0.461 e. The molecule has 3 N–H and O–H groups in total. The minimum atomic E-state index is -3.74. The molecule has 0 saturated heterocycles. The smallest absolute Gasteiger partial charge is 0.355 e. The highest BCUT2D eigenvalue weighted by atomic mass is 32.2. The van der Waals surface area contributed by atoms with Crippen molar-refractivity contribution in [3.8, 4) is 0 Å². The summed E-state index contributed by atoms with van der Waals surface area (Å²) in [5.41, 5.74) is 3.92. The molecule has 0 unspecified atom stereocenters. The van der Waals surface area contributed by atoms with Crippen molar-refractivity contribution in [2.45, 2.75) is 38.6 Å². The summed E-state index contributed by atoms with van der Waals surface area (Å²) in [6.45, 7) is 6.32. The molecule has 1 amide bonds. The van der Waals surface area contributed by atoms with Gasteiger partial charge in [0.2, 0.25) is 10.0 Å². The van der Waals surface area contributed by atoms with Gasteiger partial charge in [0.1, 0.15) is 5.69 Å². The highest BCUT2D eigenvalue weighted by Gasteiger charge is 2.27. The number of esters is 1. The Morgan fingerprint density at radius 3 is 2.24 bits per heavy atom. The van der Waals surface area contributed by atoms with Crippen LogP contribution in [0.1, 0.15) is 50.2 Å². The lowest BCUT2D eigenvalue weighted by Gasteiger charge is -2.12. The molecule has 0 aliphatic carbocycles. The van der Waals surface area contributed by atoms with Crippen molar-refractivity contribution < 1.29 is 22.7 Å². The van der Waals surface area contributed by atoms with E-state index >= 15 is 0 Å². The van der Waals surface area contributed by atoms with Gasteiger partial charge in [-0.15, -0.1) is 0 Å². The van der Waals surface area contributed by atoms with Gasteiger partial charge in [0.25, 0.3) is 5.91 Å². The summed E-state index contributed by atoms with van der Waals surface area (Å²) < 4.78 is 29.9. The van der Waals surface area contributed by atoms with Crippen LogP contribution in [-0.4, -0.2) is 38.0 Å². The summed E-state index contributed by atoms with van der Waals surface area (Å²) in [4.78, 5) is 25.9. The third-order valence-corrected chi connectivity index (χ3v) is 6.53. The summed E-state index contributed by atoms with van der Waals surface area (Å²) in [6.07, 6.45) is 0.504. The number of nitrogens with zero attached hydrogens (tertiary/aromatic N) is 1. The number of ether oxygens (including phenoxy) is 1. The highest BCUT2D eigenvalue weighted by Crippen LogP contribution is 2.24. The van der Waals surface area contributed by atoms with Crippen LogP contribution in [0.4, 0.5) is 0 Å². The first-order valence-electron chi connectivity index (χ1n) is 10.9. The summed E-state index contributed by atoms with van der Waals surface area (Å²) >= 11 is 0. The molecule has 0 aliphatic rings. The zero-order valence-electron chi connectivity index (χ0n) is 19.5. The SMILES string of the molecule is CCOC(=O)c1c(C)c(C(=O)NCCc2ccc(S(N)(=O)=O)cc2)c(C)n1Cc1ccccc1. The van der Waals surface area contributed by atoms with E-state index in [-0.39, 0.29) is 17.4 Å². The molecule has 9 heteroatoms. The fraction of sp³-hybridized carbons (Fsp3) is 0.280. The second-order valence-electron chi connectivity index (χ2n) is 7.92. The van der Waals surface area contributed by atoms with Crippen molar-refractivity contribution in [2.24, 2.45) is 5.14 Å². The fourth-order valence-electron chi connectivity index (χ4n) is 3.91. The van der Waals surface area contributed by atoms with E-state index in [9.17, 15) is 18.0 Å². The second kappa shape index (κ2) is 10.7. The number of nitrogens with one attached hydrogen (secondary N) is 1. The Hall–Kier alpha value is -3.43. The predicted molar refractivity (Wildman–Crippen MR) is 129 cm³/mol. The first-order valence-corrected chi connectivity index (χ1v) is 12.5. The van der Waals surface area contributed by atoms with Gasteiger partial charge in [-0.25, -0.2) is 18.4 Å². The average molecular weight is 484 g/mol. The molecular formula is C25H29N3O5S. The van der Waals surface area contributed by atoms with Crippen LogP contribution in [0.3, 0.4) is 0 Å². The molecule has 0 aliphatic heterocycles. The van der Waals surface area contributed by atoms with E-state index in [1.165, 1.54) is 12.1 Å². The Labute approximate surface area is 199 Å². The van der Waals surface area contributed by atoms with Crippen LogP contribution in [0, 0.1) is 13.8 Å². The number of nitrogens with two attached hydrogens (primary N) is 1. The van der Waals surface area contributed by atoms with Crippen molar-refractivity contribution in [1.29, 1.82) is 0 Å². The molecular weight excluding hydrogens is 454 g/mol. The number of primary sulfonamides is 1. The number of rotatable bonds is 9. The zero-order valence-corrected chi connectivity index (χ0v) is 20.3. The molecule has 0 saturated carbocycles. The van der Waals surface area contributed by atoms with Crippen molar-refractivity contribution in [1.82, 2.24) is 9.88 Å². The topological polar surface area (TPSA) is 120 Å². The van der Waals surface area contributed by atoms with Crippen LogP contribution in [-0.2, 0) is 27.7 Å². The molecule has 2 aromatic carbocycles. The molecule has 3 aromatic rings. The molecule has 0 atom stereocenters. The number of hydrogen-bond acceptors (Lipinski definition) is 5. The van der Waals surface area contributed by atoms with E-state index in [2.05, 4.69) is 5.32 Å². The van der Waals surface area contributed by atoms with Gasteiger partial charge in [-0.2, -0.15) is 0 Å². The Bertz CT molecular complexity index is 1280. The molecule has 0 fully saturated rings. The van der Waals surface area contributed by atoms with E-state index in [0.29, 0.717) is 42.0 Å². The summed E-state index contributed by atoms with van der Waals surface area (Å²) in [7, 11) is -3.74. The lowest BCUT2D eigenvalue weighted by molar-refractivity contribution is 0.0513. The van der Waals surface area contributed by atoms with Gasteiger partial charge in [0.15, 0.2) is 0 Å². The Morgan fingerprint density at radius 2 is 1.65 bits per heavy atom. The van der Waals surface area contributed by atoms with Gasteiger partial charge < -0.3 is 14.6 Å². The molecule has 8 nitrogen and oxygen atoms in total. The van der Waals surface area contributed by atoms with Crippen LogP contribution in [0.5, 0.6) is 0 Å². The quantitative estimate of drug-likeness (QED) is 0.454. The van der Waals surface area contributed by atoms with Crippen LogP contribution in [0.25, 0.3) is 0 Å². The van der Waals surface area contributed by atoms with E-state index in [4.69, 9.17) is 9.88 Å². The van der Waals surface area contributed by atoms with Gasteiger partial charge in [0.05, 0.1) is 17.1 Å². The van der Waals surface area contributed by atoms with Gasteiger partial charge in [0, 0.05) is 18.8 Å². The first kappa shape index (κ1) is 25.2. The number of sulfonamides is 1. The van der Waals surface area contributed by atoms with E-state index in [1.54, 1.807) is 26.0 Å². The maximum absolute atomic E-state index is 13.1. The van der Waals surface area contributed by atoms with Crippen molar-refractivity contribution in [3.63, 3.8) is 0 Å². The molecule has 180 valence electrons. The standard InChI is InChI=1S/C25H29N3O5S/c1-4-33-25(30)23-17(2)22(18(3)28(23)16-20-8-6-5-7-9-20)24(29)27-15-14-19-10-12-21(13-11-19)34(26,31)32/h5-13H,4,14-16H2,1-3H3,(H,27,29)(H2,26,31,32). The number of benzene rings is 2. The Kier molecular flexibility index (Phi) is 7.90. The Morgan fingerprint density at radius 1 is 1.00 bits per heavy atom. The highest BCUT2D eigenvalue weighted by molar-refractivity contribution is 7.89. The normalized spacial score (nSPS) is 11.3. The lowest BCUT2D eigenvalue weighted by atomic mass is 10.1. The van der Waals surface area contributed by atoms with Gasteiger partial charge in [-0.1, -0.05) is 42.5 Å². The maximum Gasteiger partial charge on any atom is 0.355 e.